The molecule has 1 fully saturated rings. The fraction of sp³-hybridized carbons (Fsp3) is 0.381. The number of carbonyl (C=O) groups excluding carboxylic acids is 1. The van der Waals surface area contributed by atoms with E-state index in [-0.39, 0.29) is 24.7 Å². The van der Waals surface area contributed by atoms with Crippen LogP contribution in [0.2, 0.25) is 0 Å². The molecule has 3 aromatic rings. The summed E-state index contributed by atoms with van der Waals surface area (Å²) in [7, 11) is 0. The molecule has 30 heavy (non-hydrogen) atoms. The highest BCUT2D eigenvalue weighted by molar-refractivity contribution is 5.69. The first-order valence-corrected chi connectivity index (χ1v) is 9.65. The minimum Gasteiger partial charge on any atom is -0.444 e. The molecule has 0 aliphatic carbocycles. The number of likely N-dealkylation sites (tertiary alicyclic amines) is 1. The molecule has 156 valence electrons. The number of amides is 1. The molecule has 1 saturated heterocycles. The van der Waals surface area contributed by atoms with Gasteiger partial charge in [-0.05, 0) is 45.0 Å². The summed E-state index contributed by atoms with van der Waals surface area (Å²) in [5.74, 6) is 0.427. The van der Waals surface area contributed by atoms with Crippen LogP contribution in [0.5, 0.6) is 0 Å². The lowest BCUT2D eigenvalue weighted by Gasteiger charge is -2.26. The first-order valence-electron chi connectivity index (χ1n) is 9.65. The van der Waals surface area contributed by atoms with Gasteiger partial charge in [-0.1, -0.05) is 11.2 Å². The van der Waals surface area contributed by atoms with Crippen molar-refractivity contribution in [2.75, 3.05) is 6.54 Å². The first kappa shape index (κ1) is 19.9. The van der Waals surface area contributed by atoms with Crippen LogP contribution in [0.3, 0.4) is 0 Å². The number of ether oxygens (including phenoxy) is 1. The number of nitrogens with zero attached hydrogens (tertiary/aromatic N) is 5. The molecule has 1 aliphatic heterocycles. The van der Waals surface area contributed by atoms with Gasteiger partial charge in [-0.25, -0.2) is 9.18 Å². The van der Waals surface area contributed by atoms with E-state index >= 15 is 0 Å². The Morgan fingerprint density at radius 1 is 1.20 bits per heavy atom. The highest BCUT2D eigenvalue weighted by atomic mass is 19.1. The van der Waals surface area contributed by atoms with Crippen LogP contribution in [0.15, 0.2) is 47.2 Å². The number of pyridine rings is 2. The smallest absolute Gasteiger partial charge is 0.411 e. The third-order valence-electron chi connectivity index (χ3n) is 4.56. The molecule has 3 aromatic heterocycles. The third kappa shape index (κ3) is 4.29. The Labute approximate surface area is 173 Å². The van der Waals surface area contributed by atoms with Crippen molar-refractivity contribution in [1.82, 2.24) is 25.0 Å². The van der Waals surface area contributed by atoms with Crippen LogP contribution in [0, 0.1) is 0 Å². The van der Waals surface area contributed by atoms with E-state index in [2.05, 4.69) is 20.1 Å². The molecule has 0 N–H and O–H groups in total. The minimum atomic E-state index is -1.19. The molecule has 0 saturated carbocycles. The molecule has 0 aromatic carbocycles. The Morgan fingerprint density at radius 3 is 2.70 bits per heavy atom. The Hall–Kier alpha value is -3.36. The van der Waals surface area contributed by atoms with Crippen LogP contribution in [0.1, 0.15) is 39.1 Å². The average molecular weight is 411 g/mol. The molecule has 0 radical (unpaired) electrons. The number of alkyl halides is 1. The molecule has 0 unspecified atom stereocenters. The lowest BCUT2D eigenvalue weighted by molar-refractivity contribution is 0.0192. The molecule has 0 spiro atoms. The van der Waals surface area contributed by atoms with Crippen molar-refractivity contribution in [3.63, 3.8) is 0 Å². The zero-order chi connectivity index (χ0) is 21.3. The lowest BCUT2D eigenvalue weighted by atomic mass is 10.2. The maximum Gasteiger partial charge on any atom is 0.411 e. The normalized spacial score (nSPS) is 19.1. The SMILES string of the molecule is CC(C)(C)OC(=O)N1C[C@@H](F)C[C@@H]1c1nc(-c2ccc(-c3ccccn3)cn2)no1. The van der Waals surface area contributed by atoms with Crippen molar-refractivity contribution in [3.05, 3.63) is 48.6 Å². The van der Waals surface area contributed by atoms with Gasteiger partial charge in [0, 0.05) is 24.4 Å². The summed E-state index contributed by atoms with van der Waals surface area (Å²) in [5, 5.41) is 3.96. The van der Waals surface area contributed by atoms with Gasteiger partial charge in [0.1, 0.15) is 23.5 Å². The van der Waals surface area contributed by atoms with E-state index in [1.54, 1.807) is 39.2 Å². The summed E-state index contributed by atoms with van der Waals surface area (Å²) in [6.07, 6.45) is 1.67. The summed E-state index contributed by atoms with van der Waals surface area (Å²) >= 11 is 0. The van der Waals surface area contributed by atoms with Gasteiger partial charge in [-0.15, -0.1) is 0 Å². The number of hydrogen-bond donors (Lipinski definition) is 0. The lowest BCUT2D eigenvalue weighted by Crippen LogP contribution is -2.37. The summed E-state index contributed by atoms with van der Waals surface area (Å²) in [4.78, 5) is 26.8. The number of hydrogen-bond acceptors (Lipinski definition) is 7. The van der Waals surface area contributed by atoms with Crippen LogP contribution < -0.4 is 0 Å². The van der Waals surface area contributed by atoms with Crippen molar-refractivity contribution in [2.45, 2.75) is 45.0 Å². The maximum absolute atomic E-state index is 14.1. The molecular formula is C21H22FN5O3. The van der Waals surface area contributed by atoms with Gasteiger partial charge in [0.05, 0.1) is 12.2 Å². The van der Waals surface area contributed by atoms with Crippen LogP contribution in [-0.2, 0) is 4.74 Å². The van der Waals surface area contributed by atoms with Gasteiger partial charge < -0.3 is 9.26 Å². The summed E-state index contributed by atoms with van der Waals surface area (Å²) in [6, 6.07) is 8.58. The largest absolute Gasteiger partial charge is 0.444 e. The van der Waals surface area contributed by atoms with Crippen molar-refractivity contribution < 1.29 is 18.4 Å². The number of aromatic nitrogens is 4. The van der Waals surface area contributed by atoms with E-state index in [0.29, 0.717) is 5.69 Å². The Bertz CT molecular complexity index is 1020. The van der Waals surface area contributed by atoms with Crippen molar-refractivity contribution >= 4 is 6.09 Å². The van der Waals surface area contributed by atoms with Crippen LogP contribution in [-0.4, -0.2) is 49.4 Å². The van der Waals surface area contributed by atoms with Gasteiger partial charge >= 0.3 is 6.09 Å². The van der Waals surface area contributed by atoms with Crippen LogP contribution >= 0.6 is 0 Å². The Morgan fingerprint density at radius 2 is 2.03 bits per heavy atom. The second kappa shape index (κ2) is 7.81. The highest BCUT2D eigenvalue weighted by Gasteiger charge is 2.41. The molecule has 8 nitrogen and oxygen atoms in total. The number of carbonyl (C=O) groups is 1. The summed E-state index contributed by atoms with van der Waals surface area (Å²) in [5.41, 5.74) is 1.48. The Balaban J connectivity index is 1.53. The van der Waals surface area contributed by atoms with Crippen molar-refractivity contribution in [1.29, 1.82) is 0 Å². The average Bonchev–Trinajstić information content (AvgIpc) is 3.34. The van der Waals surface area contributed by atoms with Gasteiger partial charge in [0.25, 0.3) is 0 Å². The summed E-state index contributed by atoms with van der Waals surface area (Å²) < 4.78 is 24.8. The molecular weight excluding hydrogens is 389 g/mol. The first-order chi connectivity index (χ1) is 14.3. The second-order valence-electron chi connectivity index (χ2n) is 8.08. The predicted molar refractivity (Wildman–Crippen MR) is 106 cm³/mol. The number of rotatable bonds is 3. The topological polar surface area (TPSA) is 94.2 Å². The van der Waals surface area contributed by atoms with E-state index in [1.807, 2.05) is 24.3 Å². The molecule has 0 bridgehead atoms. The quantitative estimate of drug-likeness (QED) is 0.637. The van der Waals surface area contributed by atoms with E-state index in [1.165, 1.54) is 4.90 Å². The number of halogens is 1. The van der Waals surface area contributed by atoms with Crippen LogP contribution in [0.25, 0.3) is 22.8 Å². The molecule has 1 amide bonds. The molecule has 4 rings (SSSR count). The zero-order valence-electron chi connectivity index (χ0n) is 16.9. The molecule has 4 heterocycles. The third-order valence-corrected chi connectivity index (χ3v) is 4.56. The fourth-order valence-corrected chi connectivity index (χ4v) is 3.23. The minimum absolute atomic E-state index is 0.0751. The van der Waals surface area contributed by atoms with Gasteiger partial charge in [-0.3, -0.25) is 14.9 Å². The summed E-state index contributed by atoms with van der Waals surface area (Å²) in [6.45, 7) is 5.20. The maximum atomic E-state index is 14.1. The van der Waals surface area contributed by atoms with E-state index in [0.717, 1.165) is 11.3 Å². The van der Waals surface area contributed by atoms with Crippen molar-refractivity contribution in [3.8, 4) is 22.8 Å². The monoisotopic (exact) mass is 411 g/mol. The molecule has 1 aliphatic rings. The van der Waals surface area contributed by atoms with E-state index in [9.17, 15) is 9.18 Å². The second-order valence-corrected chi connectivity index (χ2v) is 8.08. The van der Waals surface area contributed by atoms with E-state index in [4.69, 9.17) is 9.26 Å². The fourth-order valence-electron chi connectivity index (χ4n) is 3.23. The van der Waals surface area contributed by atoms with E-state index < -0.39 is 23.9 Å². The molecule has 9 heteroatoms. The molecule has 2 atom stereocenters. The van der Waals surface area contributed by atoms with Gasteiger partial charge in [0.15, 0.2) is 0 Å². The standard InChI is InChI=1S/C21H22FN5O3/c1-21(2,3)29-20(28)27-12-14(22)10-17(27)19-25-18(26-30-19)16-8-7-13(11-24-16)15-6-4-5-9-23-15/h4-9,11,14,17H,10,12H2,1-3H3/t14-,17+/m0/s1. The van der Waals surface area contributed by atoms with Crippen molar-refractivity contribution in [2.24, 2.45) is 0 Å². The zero-order valence-corrected chi connectivity index (χ0v) is 16.9. The van der Waals surface area contributed by atoms with Gasteiger partial charge in [0.2, 0.25) is 11.7 Å². The van der Waals surface area contributed by atoms with Crippen LogP contribution in [0.4, 0.5) is 9.18 Å². The highest BCUT2D eigenvalue weighted by Crippen LogP contribution is 2.34. The van der Waals surface area contributed by atoms with Gasteiger partial charge in [-0.2, -0.15) is 4.98 Å². The Kier molecular flexibility index (Phi) is 5.19. The predicted octanol–water partition coefficient (Wildman–Crippen LogP) is 4.21.